The molecule has 3 rings (SSSR count). The van der Waals surface area contributed by atoms with E-state index in [2.05, 4.69) is 39.1 Å². The molecule has 0 saturated carbocycles. The first-order valence-corrected chi connectivity index (χ1v) is 7.92. The maximum atomic E-state index is 12.5. The molecule has 0 aliphatic carbocycles. The number of rotatable bonds is 4. The summed E-state index contributed by atoms with van der Waals surface area (Å²) >= 11 is 0. The number of nitrogen functional groups attached to an aromatic ring is 1. The highest BCUT2D eigenvalue weighted by atomic mass is 16.2. The second kappa shape index (κ2) is 6.32. The van der Waals surface area contributed by atoms with Crippen molar-refractivity contribution in [3.63, 3.8) is 0 Å². The number of carbonyl (C=O) groups is 1. The highest BCUT2D eigenvalue weighted by molar-refractivity contribution is 5.93. The maximum Gasteiger partial charge on any atom is 0.274 e. The van der Waals surface area contributed by atoms with Crippen molar-refractivity contribution in [2.24, 2.45) is 5.92 Å². The molecule has 3 N–H and O–H groups in total. The molecule has 1 atom stereocenters. The molecule has 6 nitrogen and oxygen atoms in total. The van der Waals surface area contributed by atoms with Gasteiger partial charge >= 0.3 is 0 Å². The third-order valence-electron chi connectivity index (χ3n) is 4.39. The van der Waals surface area contributed by atoms with Crippen LogP contribution in [0, 0.1) is 12.8 Å². The highest BCUT2D eigenvalue weighted by Gasteiger charge is 2.26. The van der Waals surface area contributed by atoms with Crippen LogP contribution in [-0.4, -0.2) is 47.5 Å². The standard InChI is InChI=1S/C17H23N5O/c1-12-15(20-17(18)19-12)16(23)21(2)10-13-8-9-22(11-13)14-6-4-3-5-7-14/h3-7,13H,8-11H2,1-2H3,(H3,18,19,20). The second-order valence-corrected chi connectivity index (χ2v) is 6.22. The normalized spacial score (nSPS) is 17.5. The van der Waals surface area contributed by atoms with Gasteiger partial charge in [0, 0.05) is 38.1 Å². The third-order valence-corrected chi connectivity index (χ3v) is 4.39. The van der Waals surface area contributed by atoms with Gasteiger partial charge in [-0.2, -0.15) is 0 Å². The number of carbonyl (C=O) groups excluding carboxylic acids is 1. The molecule has 2 heterocycles. The number of imidazole rings is 1. The number of aromatic amines is 1. The number of H-pyrrole nitrogens is 1. The van der Waals surface area contributed by atoms with Gasteiger partial charge in [-0.1, -0.05) is 18.2 Å². The Hall–Kier alpha value is -2.50. The quantitative estimate of drug-likeness (QED) is 0.903. The summed E-state index contributed by atoms with van der Waals surface area (Å²) < 4.78 is 0. The van der Waals surface area contributed by atoms with E-state index in [9.17, 15) is 4.79 Å². The number of amides is 1. The van der Waals surface area contributed by atoms with Crippen LogP contribution in [0.1, 0.15) is 22.6 Å². The molecule has 1 aliphatic rings. The van der Waals surface area contributed by atoms with Crippen molar-refractivity contribution in [3.8, 4) is 0 Å². The summed E-state index contributed by atoms with van der Waals surface area (Å²) in [5, 5.41) is 0. The van der Waals surface area contributed by atoms with Crippen LogP contribution in [0.2, 0.25) is 0 Å². The Morgan fingerprint density at radius 3 is 2.83 bits per heavy atom. The molecule has 6 heteroatoms. The smallest absolute Gasteiger partial charge is 0.274 e. The van der Waals surface area contributed by atoms with Gasteiger partial charge in [0.15, 0.2) is 11.6 Å². The molecule has 1 amide bonds. The van der Waals surface area contributed by atoms with Crippen molar-refractivity contribution in [3.05, 3.63) is 41.7 Å². The zero-order valence-corrected chi connectivity index (χ0v) is 13.6. The van der Waals surface area contributed by atoms with Crippen molar-refractivity contribution in [2.75, 3.05) is 37.3 Å². The monoisotopic (exact) mass is 313 g/mol. The number of benzene rings is 1. The molecule has 1 unspecified atom stereocenters. The summed E-state index contributed by atoms with van der Waals surface area (Å²) in [6, 6.07) is 10.4. The second-order valence-electron chi connectivity index (χ2n) is 6.22. The Bertz CT molecular complexity index is 682. The summed E-state index contributed by atoms with van der Waals surface area (Å²) in [7, 11) is 1.83. The lowest BCUT2D eigenvalue weighted by atomic mass is 10.1. The predicted octanol–water partition coefficient (Wildman–Crippen LogP) is 1.90. The number of para-hydroxylation sites is 1. The Balaban J connectivity index is 1.60. The van der Waals surface area contributed by atoms with E-state index in [4.69, 9.17) is 5.73 Å². The number of hydrogen-bond acceptors (Lipinski definition) is 4. The number of nitrogens with two attached hydrogens (primary N) is 1. The van der Waals surface area contributed by atoms with Crippen LogP contribution in [-0.2, 0) is 0 Å². The Labute approximate surface area is 136 Å². The summed E-state index contributed by atoms with van der Waals surface area (Å²) in [5.74, 6) is 0.685. The van der Waals surface area contributed by atoms with Crippen LogP contribution in [0.3, 0.4) is 0 Å². The predicted molar refractivity (Wildman–Crippen MR) is 91.5 cm³/mol. The van der Waals surface area contributed by atoms with E-state index in [1.165, 1.54) is 5.69 Å². The van der Waals surface area contributed by atoms with E-state index < -0.39 is 0 Å². The van der Waals surface area contributed by atoms with Gasteiger partial charge in [0.2, 0.25) is 0 Å². The topological polar surface area (TPSA) is 78.2 Å². The molecule has 1 aromatic heterocycles. The lowest BCUT2D eigenvalue weighted by Crippen LogP contribution is -2.33. The fourth-order valence-corrected chi connectivity index (χ4v) is 3.20. The minimum absolute atomic E-state index is 0.0754. The molecule has 0 radical (unpaired) electrons. The number of aryl methyl sites for hydroxylation is 1. The first-order chi connectivity index (χ1) is 11.0. The molecule has 23 heavy (non-hydrogen) atoms. The number of nitrogens with zero attached hydrogens (tertiary/aromatic N) is 3. The van der Waals surface area contributed by atoms with E-state index in [0.717, 1.165) is 31.7 Å². The van der Waals surface area contributed by atoms with Crippen molar-refractivity contribution < 1.29 is 4.79 Å². The molecule has 2 aromatic rings. The van der Waals surface area contributed by atoms with E-state index >= 15 is 0 Å². The summed E-state index contributed by atoms with van der Waals surface area (Å²) in [6.45, 7) is 4.56. The number of nitrogens with one attached hydrogen (secondary N) is 1. The highest BCUT2D eigenvalue weighted by Crippen LogP contribution is 2.24. The zero-order valence-electron chi connectivity index (χ0n) is 13.6. The Kier molecular flexibility index (Phi) is 4.23. The minimum Gasteiger partial charge on any atom is -0.371 e. The van der Waals surface area contributed by atoms with Crippen molar-refractivity contribution in [1.82, 2.24) is 14.9 Å². The van der Waals surface area contributed by atoms with E-state index in [1.54, 1.807) is 4.90 Å². The first-order valence-electron chi connectivity index (χ1n) is 7.92. The van der Waals surface area contributed by atoms with Gasteiger partial charge in [0.25, 0.3) is 5.91 Å². The summed E-state index contributed by atoms with van der Waals surface area (Å²) in [6.07, 6.45) is 1.09. The number of anilines is 2. The van der Waals surface area contributed by atoms with Crippen LogP contribution in [0.15, 0.2) is 30.3 Å². The molecular formula is C17H23N5O. The fraction of sp³-hybridized carbons (Fsp3) is 0.412. The first kappa shape index (κ1) is 15.4. The van der Waals surface area contributed by atoms with Crippen molar-refractivity contribution in [1.29, 1.82) is 0 Å². The van der Waals surface area contributed by atoms with Gasteiger partial charge in [-0.25, -0.2) is 4.98 Å². The van der Waals surface area contributed by atoms with Crippen LogP contribution < -0.4 is 10.6 Å². The summed E-state index contributed by atoms with van der Waals surface area (Å²) in [5.41, 5.74) is 8.01. The Morgan fingerprint density at radius 2 is 2.17 bits per heavy atom. The van der Waals surface area contributed by atoms with Crippen LogP contribution >= 0.6 is 0 Å². The molecule has 1 aliphatic heterocycles. The minimum atomic E-state index is -0.0754. The number of hydrogen-bond donors (Lipinski definition) is 2. The average Bonchev–Trinajstić information content (AvgIpc) is 3.13. The SMILES string of the molecule is Cc1[nH]c(N)nc1C(=O)N(C)CC1CCN(c2ccccc2)C1. The van der Waals surface area contributed by atoms with Crippen LogP contribution in [0.5, 0.6) is 0 Å². The van der Waals surface area contributed by atoms with E-state index in [0.29, 0.717) is 11.6 Å². The van der Waals surface area contributed by atoms with Gasteiger partial charge in [-0.15, -0.1) is 0 Å². The van der Waals surface area contributed by atoms with E-state index in [1.807, 2.05) is 20.0 Å². The van der Waals surface area contributed by atoms with Gasteiger partial charge in [-0.05, 0) is 31.4 Å². The lowest BCUT2D eigenvalue weighted by Gasteiger charge is -2.22. The molecule has 1 aromatic carbocycles. The van der Waals surface area contributed by atoms with Crippen LogP contribution in [0.4, 0.5) is 11.6 Å². The molecule has 122 valence electrons. The third kappa shape index (κ3) is 3.31. The molecule has 0 spiro atoms. The van der Waals surface area contributed by atoms with Gasteiger partial charge in [0.05, 0.1) is 0 Å². The van der Waals surface area contributed by atoms with Gasteiger partial charge in [0.1, 0.15) is 0 Å². The Morgan fingerprint density at radius 1 is 1.43 bits per heavy atom. The molecular weight excluding hydrogens is 290 g/mol. The number of aromatic nitrogens is 2. The fourth-order valence-electron chi connectivity index (χ4n) is 3.20. The van der Waals surface area contributed by atoms with Gasteiger partial charge < -0.3 is 20.5 Å². The average molecular weight is 313 g/mol. The van der Waals surface area contributed by atoms with E-state index in [-0.39, 0.29) is 11.9 Å². The maximum absolute atomic E-state index is 12.5. The largest absolute Gasteiger partial charge is 0.371 e. The lowest BCUT2D eigenvalue weighted by molar-refractivity contribution is 0.0770. The zero-order chi connectivity index (χ0) is 16.4. The van der Waals surface area contributed by atoms with Crippen molar-refractivity contribution >= 4 is 17.5 Å². The van der Waals surface area contributed by atoms with Crippen molar-refractivity contribution in [2.45, 2.75) is 13.3 Å². The van der Waals surface area contributed by atoms with Gasteiger partial charge in [-0.3, -0.25) is 4.79 Å². The van der Waals surface area contributed by atoms with Crippen LogP contribution in [0.25, 0.3) is 0 Å². The molecule has 1 saturated heterocycles. The summed E-state index contributed by atoms with van der Waals surface area (Å²) in [4.78, 5) is 23.6. The molecule has 1 fully saturated rings. The molecule has 0 bridgehead atoms.